The number of halogens is 7. The molecule has 0 spiro atoms. The molecule has 0 unspecified atom stereocenters. The fourth-order valence-electron chi connectivity index (χ4n) is 3.66. The number of ether oxygens (including phenoxy) is 3. The molecule has 2 N–H and O–H groups in total. The molecule has 2 atom stereocenters. The van der Waals surface area contributed by atoms with Gasteiger partial charge in [0.05, 0.1) is 22.2 Å². The molecule has 0 aliphatic heterocycles. The van der Waals surface area contributed by atoms with E-state index in [4.69, 9.17) is 32.7 Å². The smallest absolute Gasteiger partial charge is 0.408 e. The molecule has 0 aliphatic carbocycles. The fourth-order valence-corrected chi connectivity index (χ4v) is 4.15. The van der Waals surface area contributed by atoms with Crippen LogP contribution in [0.2, 0.25) is 10.0 Å². The highest BCUT2D eigenvalue weighted by atomic mass is 35.5. The maximum atomic E-state index is 14.2. The number of anilines is 2. The van der Waals surface area contributed by atoms with Crippen molar-refractivity contribution in [2.24, 2.45) is 0 Å². The maximum absolute atomic E-state index is 14.2. The molecule has 0 bridgehead atoms. The first-order chi connectivity index (χ1) is 20.5. The first-order valence-corrected chi connectivity index (χ1v) is 13.5. The normalized spacial score (nSPS) is 12.6. The van der Waals surface area contributed by atoms with Crippen molar-refractivity contribution in [1.29, 1.82) is 0 Å². The van der Waals surface area contributed by atoms with E-state index in [1.807, 2.05) is 5.32 Å². The van der Waals surface area contributed by atoms with Gasteiger partial charge in [0.1, 0.15) is 11.7 Å². The van der Waals surface area contributed by atoms with Crippen LogP contribution in [0.1, 0.15) is 33.3 Å². The van der Waals surface area contributed by atoms with Crippen LogP contribution in [0, 0.1) is 29.1 Å². The van der Waals surface area contributed by atoms with Crippen molar-refractivity contribution in [1.82, 2.24) is 5.32 Å². The van der Waals surface area contributed by atoms with E-state index in [1.165, 1.54) is 20.8 Å². The summed E-state index contributed by atoms with van der Waals surface area (Å²) in [6, 6.07) is 9.29. The van der Waals surface area contributed by atoms with Crippen LogP contribution in [0.5, 0.6) is 5.75 Å². The standard InChI is InChI=1S/C29H25Cl2F5N2O6/c1-13(42-18(39)12-14-8-5-6-11-17(14)37-25-15(30)9-7-10-16(25)31)24(38-28(41)44-29(2,3)4)27(40)43-26-22(35)20(33)19(32)21(34)23(26)36/h5-11,13,24,37H,12H2,1-4H3,(H,38,41)/t13-,24+/m1/s1. The summed E-state index contributed by atoms with van der Waals surface area (Å²) in [5, 5.41) is 5.66. The van der Waals surface area contributed by atoms with E-state index in [-0.39, 0.29) is 0 Å². The second-order valence-electron chi connectivity index (χ2n) is 10.2. The molecule has 3 rings (SSSR count). The Morgan fingerprint density at radius 1 is 0.841 bits per heavy atom. The average molecular weight is 663 g/mol. The van der Waals surface area contributed by atoms with E-state index in [0.29, 0.717) is 27.0 Å². The molecule has 0 radical (unpaired) electrons. The van der Waals surface area contributed by atoms with Crippen molar-refractivity contribution in [3.8, 4) is 5.75 Å². The molecular formula is C29H25Cl2F5N2O6. The molecule has 236 valence electrons. The Bertz CT molecular complexity index is 1540. The summed E-state index contributed by atoms with van der Waals surface area (Å²) in [6.07, 6.45) is -3.26. The molecule has 44 heavy (non-hydrogen) atoms. The Morgan fingerprint density at radius 3 is 1.95 bits per heavy atom. The van der Waals surface area contributed by atoms with Gasteiger partial charge in [0.25, 0.3) is 0 Å². The summed E-state index contributed by atoms with van der Waals surface area (Å²) in [7, 11) is 0. The van der Waals surface area contributed by atoms with Gasteiger partial charge >= 0.3 is 18.0 Å². The molecule has 3 aromatic carbocycles. The molecule has 0 saturated heterocycles. The van der Waals surface area contributed by atoms with Crippen LogP contribution in [0.3, 0.4) is 0 Å². The van der Waals surface area contributed by atoms with Gasteiger partial charge in [-0.2, -0.15) is 8.78 Å². The van der Waals surface area contributed by atoms with Crippen LogP contribution in [0.15, 0.2) is 42.5 Å². The summed E-state index contributed by atoms with van der Waals surface area (Å²) in [5.41, 5.74) is 0.0892. The zero-order valence-corrected chi connectivity index (χ0v) is 25.0. The van der Waals surface area contributed by atoms with E-state index in [2.05, 4.69) is 10.1 Å². The summed E-state index contributed by atoms with van der Waals surface area (Å²) in [5.74, 6) is -16.7. The van der Waals surface area contributed by atoms with Crippen molar-refractivity contribution in [3.63, 3.8) is 0 Å². The van der Waals surface area contributed by atoms with E-state index >= 15 is 0 Å². The Labute approximate surface area is 258 Å². The van der Waals surface area contributed by atoms with Gasteiger partial charge in [-0.25, -0.2) is 22.8 Å². The highest BCUT2D eigenvalue weighted by Crippen LogP contribution is 2.34. The summed E-state index contributed by atoms with van der Waals surface area (Å²) in [6.45, 7) is 5.58. The van der Waals surface area contributed by atoms with Gasteiger partial charge in [-0.15, -0.1) is 0 Å². The molecule has 1 amide bonds. The summed E-state index contributed by atoms with van der Waals surface area (Å²) in [4.78, 5) is 38.3. The number of carbonyl (C=O) groups excluding carboxylic acids is 3. The van der Waals surface area contributed by atoms with E-state index < -0.39 is 77.0 Å². The first kappa shape index (κ1) is 34.4. The summed E-state index contributed by atoms with van der Waals surface area (Å²) < 4.78 is 84.0. The number of hydrogen-bond donors (Lipinski definition) is 2. The van der Waals surface area contributed by atoms with Gasteiger partial charge in [-0.1, -0.05) is 47.5 Å². The van der Waals surface area contributed by atoms with Crippen molar-refractivity contribution < 1.29 is 50.5 Å². The number of hydrogen-bond acceptors (Lipinski definition) is 7. The lowest BCUT2D eigenvalue weighted by Gasteiger charge is -2.26. The Morgan fingerprint density at radius 2 is 1.39 bits per heavy atom. The third-order valence-corrected chi connectivity index (χ3v) is 6.29. The van der Waals surface area contributed by atoms with Crippen molar-refractivity contribution in [2.45, 2.75) is 51.9 Å². The minimum Gasteiger partial charge on any atom is -0.460 e. The molecule has 8 nitrogen and oxygen atoms in total. The Kier molecular flexibility index (Phi) is 11.0. The van der Waals surface area contributed by atoms with Crippen LogP contribution in [-0.2, 0) is 25.5 Å². The number of carbonyl (C=O) groups is 3. The van der Waals surface area contributed by atoms with E-state index in [9.17, 15) is 36.3 Å². The minimum atomic E-state index is -2.47. The highest BCUT2D eigenvalue weighted by Gasteiger charge is 2.36. The fraction of sp³-hybridized carbons (Fsp3) is 0.276. The van der Waals surface area contributed by atoms with Gasteiger partial charge in [0.15, 0.2) is 6.04 Å². The van der Waals surface area contributed by atoms with Crippen LogP contribution < -0.4 is 15.4 Å². The van der Waals surface area contributed by atoms with Crippen LogP contribution >= 0.6 is 23.2 Å². The van der Waals surface area contributed by atoms with Gasteiger partial charge < -0.3 is 24.8 Å². The lowest BCUT2D eigenvalue weighted by Crippen LogP contribution is -2.52. The molecule has 0 aliphatic rings. The largest absolute Gasteiger partial charge is 0.460 e. The third-order valence-electron chi connectivity index (χ3n) is 5.66. The molecule has 3 aromatic rings. The van der Waals surface area contributed by atoms with Crippen LogP contribution in [0.4, 0.5) is 38.1 Å². The maximum Gasteiger partial charge on any atom is 0.408 e. The second kappa shape index (κ2) is 14.1. The predicted octanol–water partition coefficient (Wildman–Crippen LogP) is 7.41. The van der Waals surface area contributed by atoms with Gasteiger partial charge in [0, 0.05) is 5.69 Å². The lowest BCUT2D eigenvalue weighted by molar-refractivity contribution is -0.153. The number of rotatable bonds is 9. The van der Waals surface area contributed by atoms with Gasteiger partial charge in [-0.05, 0) is 51.5 Å². The zero-order valence-electron chi connectivity index (χ0n) is 23.5. The lowest BCUT2D eigenvalue weighted by atomic mass is 10.1. The molecule has 0 heterocycles. The number of nitrogens with one attached hydrogen (secondary N) is 2. The third kappa shape index (κ3) is 8.50. The average Bonchev–Trinajstić information content (AvgIpc) is 2.93. The monoisotopic (exact) mass is 662 g/mol. The van der Waals surface area contributed by atoms with Gasteiger partial charge in [0.2, 0.25) is 34.8 Å². The number of benzene rings is 3. The molecule has 15 heteroatoms. The number of para-hydroxylation sites is 2. The van der Waals surface area contributed by atoms with Crippen LogP contribution in [-0.4, -0.2) is 35.8 Å². The second-order valence-corrected chi connectivity index (χ2v) is 11.0. The summed E-state index contributed by atoms with van der Waals surface area (Å²) >= 11 is 12.4. The van der Waals surface area contributed by atoms with Crippen LogP contribution in [0.25, 0.3) is 0 Å². The Hall–Kier alpha value is -4.10. The highest BCUT2D eigenvalue weighted by molar-refractivity contribution is 6.39. The Balaban J connectivity index is 1.84. The number of esters is 2. The SMILES string of the molecule is C[C@@H](OC(=O)Cc1ccccc1Nc1c(Cl)cccc1Cl)[C@H](NC(=O)OC(C)(C)C)C(=O)Oc1c(F)c(F)c(F)c(F)c1F. The number of amides is 1. The molecule has 0 aromatic heterocycles. The topological polar surface area (TPSA) is 103 Å². The van der Waals surface area contributed by atoms with Crippen molar-refractivity contribution in [3.05, 3.63) is 87.2 Å². The molecule has 0 fully saturated rings. The predicted molar refractivity (Wildman–Crippen MR) is 150 cm³/mol. The molecule has 0 saturated carbocycles. The molecular weight excluding hydrogens is 638 g/mol. The minimum absolute atomic E-state index is 0.298. The van der Waals surface area contributed by atoms with Gasteiger partial charge in [-0.3, -0.25) is 4.79 Å². The van der Waals surface area contributed by atoms with E-state index in [0.717, 1.165) is 6.92 Å². The number of alkyl carbamates (subject to hydrolysis) is 1. The van der Waals surface area contributed by atoms with Crippen molar-refractivity contribution in [2.75, 3.05) is 5.32 Å². The first-order valence-electron chi connectivity index (χ1n) is 12.7. The quantitative estimate of drug-likeness (QED) is 0.0809. The van der Waals surface area contributed by atoms with Crippen molar-refractivity contribution >= 4 is 52.6 Å². The van der Waals surface area contributed by atoms with E-state index in [1.54, 1.807) is 42.5 Å². The zero-order chi connectivity index (χ0) is 32.9.